The van der Waals surface area contributed by atoms with Crippen molar-refractivity contribution < 1.29 is 33.4 Å². The average Bonchev–Trinajstić information content (AvgIpc) is 3.16. The van der Waals surface area contributed by atoms with Crippen LogP contribution in [0, 0.1) is 0 Å². The molecular formula is C44H98N14O7. The number of ether oxygens (including phenoxy) is 2. The van der Waals surface area contributed by atoms with Gasteiger partial charge in [-0.3, -0.25) is 24.7 Å². The van der Waals surface area contributed by atoms with Crippen molar-refractivity contribution in [2.75, 3.05) is 101 Å². The van der Waals surface area contributed by atoms with Crippen LogP contribution in [-0.2, 0) is 23.9 Å². The number of carbonyl (C=O) groups is 5. The van der Waals surface area contributed by atoms with Crippen molar-refractivity contribution in [2.45, 2.75) is 149 Å². The summed E-state index contributed by atoms with van der Waals surface area (Å²) in [5.74, 6) is -0.335. The second-order valence-corrected chi connectivity index (χ2v) is 18.4. The van der Waals surface area contributed by atoms with Crippen LogP contribution in [0.15, 0.2) is 4.99 Å². The minimum absolute atomic E-state index is 0. The smallest absolute Gasteiger partial charge is 0.414 e. The number of guanidine groups is 1. The van der Waals surface area contributed by atoms with Crippen LogP contribution < -0.4 is 55.3 Å². The van der Waals surface area contributed by atoms with E-state index in [1.54, 1.807) is 20.8 Å². The molecular weight excluding hydrogens is 837 g/mol. The monoisotopic (exact) mass is 935 g/mol. The van der Waals surface area contributed by atoms with Crippen LogP contribution >= 0.6 is 0 Å². The predicted molar refractivity (Wildman–Crippen MR) is 265 cm³/mol. The Bertz CT molecular complexity index is 1280. The molecule has 0 radical (unpaired) electrons. The second-order valence-electron chi connectivity index (χ2n) is 18.4. The molecule has 0 heterocycles. The van der Waals surface area contributed by atoms with Gasteiger partial charge in [0.1, 0.15) is 11.2 Å². The average molecular weight is 935 g/mol. The van der Waals surface area contributed by atoms with E-state index in [2.05, 4.69) is 46.3 Å². The Morgan fingerprint density at radius 2 is 0.862 bits per heavy atom. The van der Waals surface area contributed by atoms with E-state index >= 15 is 0 Å². The van der Waals surface area contributed by atoms with Crippen LogP contribution in [0.1, 0.15) is 120 Å². The van der Waals surface area contributed by atoms with E-state index in [1.807, 2.05) is 63.1 Å². The molecule has 0 aliphatic rings. The van der Waals surface area contributed by atoms with Crippen LogP contribution in [0.3, 0.4) is 0 Å². The molecule has 0 fully saturated rings. The molecule has 0 bridgehead atoms. The number of hydrogen-bond donors (Lipinski definition) is 10. The molecule has 0 aromatic heterocycles. The number of rotatable bonds is 28. The maximum absolute atomic E-state index is 11.8. The van der Waals surface area contributed by atoms with E-state index in [0.29, 0.717) is 58.5 Å². The summed E-state index contributed by atoms with van der Waals surface area (Å²) in [6, 6.07) is -1.45. The van der Waals surface area contributed by atoms with E-state index in [-0.39, 0.29) is 37.1 Å². The zero-order valence-electron chi connectivity index (χ0n) is 41.9. The van der Waals surface area contributed by atoms with Crippen LogP contribution in [0.4, 0.5) is 9.59 Å². The number of unbranched alkanes of at least 4 members (excludes halogenated alkanes) is 2. The Kier molecular flexibility index (Phi) is 42.1. The van der Waals surface area contributed by atoms with Crippen molar-refractivity contribution in [2.24, 2.45) is 33.7 Å². The van der Waals surface area contributed by atoms with Gasteiger partial charge in [-0.05, 0) is 174 Å². The molecule has 5 amide bonds. The van der Waals surface area contributed by atoms with E-state index < -0.39 is 35.5 Å². The first kappa shape index (κ1) is 67.7. The number of amides is 5. The summed E-state index contributed by atoms with van der Waals surface area (Å²) < 4.78 is 10.2. The summed E-state index contributed by atoms with van der Waals surface area (Å²) in [5.41, 5.74) is 27.3. The van der Waals surface area contributed by atoms with Gasteiger partial charge in [-0.2, -0.15) is 0 Å². The lowest BCUT2D eigenvalue weighted by molar-refractivity contribution is -0.123. The standard InChI is InChI=1S/C16H34N6O3.C16H34N4O3.C11H26N4O.CH4/c1-16(2,3)25-15(24)21-14(18)20-9-6-8-12(17)13(23)19-10-7-11-22(4)5;1-16(2,3)23-15(22)19-10-7-6-9-13(17)14(21)18-11-8-12-20(4)5;1-15(2)9-5-8-14-11(16)10(13)6-3-4-7-12;/h12H,6-11,17H2,1-5H3,(H,19,23)(H3,18,20,21,24);13H,6-12,17H2,1-5H3,(H,18,21)(H,19,22);10H,3-9,12-13H2,1-2H3,(H,14,16);1H4. The number of aliphatic imine (C=N–C) groups is 1. The zero-order chi connectivity index (χ0) is 49.7. The number of nitrogens with zero attached hydrogens (tertiary/aromatic N) is 4. The fourth-order valence-corrected chi connectivity index (χ4v) is 5.07. The van der Waals surface area contributed by atoms with Gasteiger partial charge in [-0.1, -0.05) is 13.8 Å². The minimum Gasteiger partial charge on any atom is -0.444 e. The van der Waals surface area contributed by atoms with Crippen molar-refractivity contribution in [3.8, 4) is 0 Å². The quantitative estimate of drug-likeness (QED) is 0.0300. The van der Waals surface area contributed by atoms with Crippen LogP contribution in [0.2, 0.25) is 0 Å². The molecule has 0 aliphatic carbocycles. The maximum atomic E-state index is 11.8. The lowest BCUT2D eigenvalue weighted by Crippen LogP contribution is -2.41. The normalized spacial score (nSPS) is 12.9. The minimum atomic E-state index is -0.650. The second kappa shape index (κ2) is 40.4. The van der Waals surface area contributed by atoms with Crippen molar-refractivity contribution >= 4 is 35.9 Å². The summed E-state index contributed by atoms with van der Waals surface area (Å²) in [6.45, 7) is 17.1. The van der Waals surface area contributed by atoms with Crippen LogP contribution in [0.25, 0.3) is 0 Å². The molecule has 0 saturated heterocycles. The number of hydrogen-bond acceptors (Lipinski definition) is 15. The molecule has 3 atom stereocenters. The van der Waals surface area contributed by atoms with Crippen LogP contribution in [-0.4, -0.2) is 181 Å². The van der Waals surface area contributed by atoms with E-state index in [4.69, 9.17) is 38.1 Å². The summed E-state index contributed by atoms with van der Waals surface area (Å²) in [4.78, 5) is 68.2. The molecule has 0 saturated carbocycles. The first-order valence-electron chi connectivity index (χ1n) is 22.7. The molecule has 0 aromatic rings. The lowest BCUT2D eigenvalue weighted by atomic mass is 10.1. The third kappa shape index (κ3) is 51.0. The first-order chi connectivity index (χ1) is 29.7. The van der Waals surface area contributed by atoms with Crippen molar-refractivity contribution in [1.29, 1.82) is 0 Å². The van der Waals surface area contributed by atoms with Gasteiger partial charge in [0.2, 0.25) is 17.7 Å². The van der Waals surface area contributed by atoms with E-state index in [9.17, 15) is 24.0 Å². The summed E-state index contributed by atoms with van der Waals surface area (Å²) >= 11 is 0. The van der Waals surface area contributed by atoms with Gasteiger partial charge in [-0.15, -0.1) is 0 Å². The first-order valence-corrected chi connectivity index (χ1v) is 22.7. The molecule has 0 rings (SSSR count). The third-order valence-electron chi connectivity index (χ3n) is 8.42. The van der Waals surface area contributed by atoms with Gasteiger partial charge in [0.25, 0.3) is 0 Å². The van der Waals surface area contributed by atoms with Gasteiger partial charge >= 0.3 is 12.2 Å². The van der Waals surface area contributed by atoms with Gasteiger partial charge in [0.15, 0.2) is 5.96 Å². The Balaban J connectivity index is -0.000000436. The predicted octanol–water partition coefficient (Wildman–Crippen LogP) is 1.22. The molecule has 21 heteroatoms. The third-order valence-corrected chi connectivity index (χ3v) is 8.42. The molecule has 3 unspecified atom stereocenters. The highest BCUT2D eigenvalue weighted by Crippen LogP contribution is 2.07. The molecule has 386 valence electrons. The Hall–Kier alpha value is -3.86. The zero-order valence-corrected chi connectivity index (χ0v) is 41.9. The number of nitrogens with one attached hydrogen (secondary N) is 5. The van der Waals surface area contributed by atoms with Crippen LogP contribution in [0.5, 0.6) is 0 Å². The molecule has 0 aliphatic heterocycles. The van der Waals surface area contributed by atoms with E-state index in [1.165, 1.54) is 0 Å². The van der Waals surface area contributed by atoms with Crippen molar-refractivity contribution in [3.05, 3.63) is 0 Å². The van der Waals surface area contributed by atoms with Gasteiger partial charge in [0, 0.05) is 32.7 Å². The highest BCUT2D eigenvalue weighted by atomic mass is 16.6. The topological polar surface area (TPSA) is 316 Å². The molecule has 0 aromatic carbocycles. The Morgan fingerprint density at radius 3 is 1.22 bits per heavy atom. The fraction of sp³-hybridized carbons (Fsp3) is 0.864. The summed E-state index contributed by atoms with van der Waals surface area (Å²) in [5, 5.41) is 13.5. The highest BCUT2D eigenvalue weighted by molar-refractivity contribution is 5.93. The van der Waals surface area contributed by atoms with Gasteiger partial charge in [-0.25, -0.2) is 9.59 Å². The van der Waals surface area contributed by atoms with Gasteiger partial charge in [0.05, 0.1) is 18.1 Å². The van der Waals surface area contributed by atoms with Crippen molar-refractivity contribution in [3.63, 3.8) is 0 Å². The number of alkyl carbamates (subject to hydrolysis) is 2. The Morgan fingerprint density at radius 1 is 0.523 bits per heavy atom. The molecule has 65 heavy (non-hydrogen) atoms. The SMILES string of the molecule is C.CN(C)CCCNC(=O)C(N)CCCCN.CN(C)CCCNC(=O)C(N)CCCCNC(=O)OC(C)(C)C.CN(C)CCCNC(=O)C(N)CCCN=C(N)NC(=O)OC(C)(C)C. The largest absolute Gasteiger partial charge is 0.444 e. The number of carbonyl (C=O) groups excluding carboxylic acids is 5. The lowest BCUT2D eigenvalue weighted by Gasteiger charge is -2.19. The maximum Gasteiger partial charge on any atom is 0.414 e. The highest BCUT2D eigenvalue weighted by Gasteiger charge is 2.18. The molecule has 15 N–H and O–H groups in total. The van der Waals surface area contributed by atoms with Crippen molar-refractivity contribution in [1.82, 2.24) is 41.3 Å². The number of nitrogens with two attached hydrogens (primary N) is 5. The summed E-state index contributed by atoms with van der Waals surface area (Å²) in [6.07, 6.45) is 7.47. The van der Waals surface area contributed by atoms with Gasteiger partial charge < -0.3 is 74.1 Å². The van der Waals surface area contributed by atoms with E-state index in [0.717, 1.165) is 71.0 Å². The fourth-order valence-electron chi connectivity index (χ4n) is 5.07. The molecule has 0 spiro atoms. The molecule has 21 nitrogen and oxygen atoms in total. The Labute approximate surface area is 393 Å². The summed E-state index contributed by atoms with van der Waals surface area (Å²) in [7, 11) is 12.0.